The van der Waals surface area contributed by atoms with Crippen molar-refractivity contribution >= 4 is 28.2 Å². The van der Waals surface area contributed by atoms with Gasteiger partial charge in [-0.25, -0.2) is 4.79 Å². The molecule has 5 heteroatoms. The molecule has 0 aliphatic heterocycles. The number of hydrogen-bond donors (Lipinski definition) is 1. The van der Waals surface area contributed by atoms with Gasteiger partial charge in [0.25, 0.3) is 0 Å². The van der Waals surface area contributed by atoms with Gasteiger partial charge < -0.3 is 10.1 Å². The molecule has 3 rings (SSSR count). The average Bonchev–Trinajstić information content (AvgIpc) is 3.17. The third kappa shape index (κ3) is 6.11. The van der Waals surface area contributed by atoms with Crippen LogP contribution in [0.25, 0.3) is 11.1 Å². The maximum atomic E-state index is 12.8. The summed E-state index contributed by atoms with van der Waals surface area (Å²) >= 11 is 1.36. The highest BCUT2D eigenvalue weighted by atomic mass is 32.1. The van der Waals surface area contributed by atoms with E-state index in [4.69, 9.17) is 4.74 Å². The van der Waals surface area contributed by atoms with Crippen molar-refractivity contribution in [2.45, 2.75) is 59.8 Å². The number of carbonyl (C=O) groups is 2. The van der Waals surface area contributed by atoms with Crippen molar-refractivity contribution in [1.29, 1.82) is 0 Å². The normalized spacial score (nSPS) is 11.3. The summed E-state index contributed by atoms with van der Waals surface area (Å²) in [5.41, 5.74) is 6.98. The molecule has 1 aromatic heterocycles. The van der Waals surface area contributed by atoms with Crippen molar-refractivity contribution < 1.29 is 14.3 Å². The molecule has 1 heterocycles. The third-order valence-electron chi connectivity index (χ3n) is 5.80. The summed E-state index contributed by atoms with van der Waals surface area (Å²) in [6.07, 6.45) is 0.981. The van der Waals surface area contributed by atoms with E-state index >= 15 is 0 Å². The number of thiophene rings is 1. The summed E-state index contributed by atoms with van der Waals surface area (Å²) in [5.74, 6) is -0.533. The zero-order valence-corrected chi connectivity index (χ0v) is 21.2. The van der Waals surface area contributed by atoms with E-state index in [1.54, 1.807) is 6.92 Å². The third-order valence-corrected chi connectivity index (χ3v) is 6.70. The molecule has 0 saturated heterocycles. The van der Waals surface area contributed by atoms with E-state index in [1.807, 2.05) is 24.4 Å². The molecule has 2 aromatic carbocycles. The second kappa shape index (κ2) is 10.3. The monoisotopic (exact) mass is 463 g/mol. The van der Waals surface area contributed by atoms with Crippen LogP contribution in [0.2, 0.25) is 0 Å². The van der Waals surface area contributed by atoms with Crippen LogP contribution in [0.4, 0.5) is 5.00 Å². The maximum absolute atomic E-state index is 12.8. The van der Waals surface area contributed by atoms with Crippen LogP contribution in [0.1, 0.15) is 66.7 Å². The number of carbonyl (C=O) groups excluding carboxylic acids is 2. The van der Waals surface area contributed by atoms with Gasteiger partial charge in [0.2, 0.25) is 5.91 Å². The average molecular weight is 464 g/mol. The molecule has 1 amide bonds. The van der Waals surface area contributed by atoms with Crippen molar-refractivity contribution in [1.82, 2.24) is 0 Å². The Morgan fingerprint density at radius 1 is 1.00 bits per heavy atom. The van der Waals surface area contributed by atoms with Crippen LogP contribution >= 0.6 is 11.3 Å². The highest BCUT2D eigenvalue weighted by molar-refractivity contribution is 7.15. The first-order valence-electron chi connectivity index (χ1n) is 11.4. The smallest absolute Gasteiger partial charge is 0.341 e. The molecule has 33 heavy (non-hydrogen) atoms. The minimum atomic E-state index is -0.417. The number of anilines is 1. The second-order valence-corrected chi connectivity index (χ2v) is 10.2. The first-order chi connectivity index (χ1) is 15.6. The van der Waals surface area contributed by atoms with Gasteiger partial charge in [0.1, 0.15) is 10.6 Å². The van der Waals surface area contributed by atoms with E-state index in [0.717, 1.165) is 22.3 Å². The van der Waals surface area contributed by atoms with Gasteiger partial charge >= 0.3 is 5.97 Å². The van der Waals surface area contributed by atoms with E-state index in [9.17, 15) is 9.59 Å². The number of rotatable bonds is 7. The Hall–Kier alpha value is -2.92. The highest BCUT2D eigenvalue weighted by Crippen LogP contribution is 2.37. The molecular formula is C28H33NO3S. The Labute approximate surface area is 201 Å². The molecule has 0 aliphatic rings. The summed E-state index contributed by atoms with van der Waals surface area (Å²) < 4.78 is 5.31. The molecule has 0 radical (unpaired) electrons. The molecule has 0 saturated carbocycles. The van der Waals surface area contributed by atoms with Crippen LogP contribution in [0, 0.1) is 13.8 Å². The number of benzene rings is 2. The minimum absolute atomic E-state index is 0.103. The second-order valence-electron chi connectivity index (χ2n) is 9.37. The zero-order valence-electron chi connectivity index (χ0n) is 20.4. The van der Waals surface area contributed by atoms with Crippen LogP contribution in [-0.4, -0.2) is 18.5 Å². The van der Waals surface area contributed by atoms with Gasteiger partial charge in [-0.3, -0.25) is 4.79 Å². The number of aryl methyl sites for hydroxylation is 3. The van der Waals surface area contributed by atoms with Crippen LogP contribution < -0.4 is 5.32 Å². The Morgan fingerprint density at radius 2 is 1.70 bits per heavy atom. The van der Waals surface area contributed by atoms with E-state index in [-0.39, 0.29) is 17.9 Å². The van der Waals surface area contributed by atoms with Crippen molar-refractivity contribution in [2.24, 2.45) is 0 Å². The maximum Gasteiger partial charge on any atom is 0.341 e. The predicted molar refractivity (Wildman–Crippen MR) is 137 cm³/mol. The van der Waals surface area contributed by atoms with Gasteiger partial charge in [-0.2, -0.15) is 0 Å². The lowest BCUT2D eigenvalue weighted by molar-refractivity contribution is -0.116. The van der Waals surface area contributed by atoms with E-state index < -0.39 is 5.97 Å². The molecular weight excluding hydrogens is 430 g/mol. The Kier molecular flexibility index (Phi) is 7.75. The molecule has 0 fully saturated rings. The lowest BCUT2D eigenvalue weighted by Gasteiger charge is -2.19. The Morgan fingerprint density at radius 3 is 2.30 bits per heavy atom. The number of esters is 1. The molecule has 0 aliphatic carbocycles. The molecule has 0 spiro atoms. The molecule has 174 valence electrons. The van der Waals surface area contributed by atoms with E-state index in [0.29, 0.717) is 23.4 Å². The van der Waals surface area contributed by atoms with Crippen molar-refractivity contribution in [3.05, 3.63) is 75.7 Å². The lowest BCUT2D eigenvalue weighted by atomic mass is 9.86. The minimum Gasteiger partial charge on any atom is -0.462 e. The highest BCUT2D eigenvalue weighted by Gasteiger charge is 2.23. The molecule has 0 unspecified atom stereocenters. The van der Waals surface area contributed by atoms with E-state index in [2.05, 4.69) is 63.3 Å². The Balaban J connectivity index is 1.76. The van der Waals surface area contributed by atoms with Crippen LogP contribution in [0.5, 0.6) is 0 Å². The standard InChI is InChI=1S/C28H33NO3S/c1-7-32-27(31)25-23(21-12-8-18(2)19(3)16-21)17-33-26(25)29-24(30)15-11-20-9-13-22(14-10-20)28(4,5)6/h8-10,12-14,16-17H,7,11,15H2,1-6H3,(H,29,30). The lowest BCUT2D eigenvalue weighted by Crippen LogP contribution is -2.15. The van der Waals surface area contributed by atoms with Gasteiger partial charge in [0, 0.05) is 17.4 Å². The first-order valence-corrected chi connectivity index (χ1v) is 12.2. The first kappa shape index (κ1) is 24.7. The number of ether oxygens (including phenoxy) is 1. The number of amides is 1. The molecule has 0 bridgehead atoms. The topological polar surface area (TPSA) is 55.4 Å². The van der Waals surface area contributed by atoms with Crippen LogP contribution in [0.3, 0.4) is 0 Å². The quantitative estimate of drug-likeness (QED) is 0.381. The fourth-order valence-electron chi connectivity index (χ4n) is 3.60. The fraction of sp³-hybridized carbons (Fsp3) is 0.357. The largest absolute Gasteiger partial charge is 0.462 e. The molecule has 0 atom stereocenters. The van der Waals surface area contributed by atoms with Crippen LogP contribution in [0.15, 0.2) is 47.8 Å². The molecule has 1 N–H and O–H groups in total. The van der Waals surface area contributed by atoms with Crippen LogP contribution in [-0.2, 0) is 21.4 Å². The summed E-state index contributed by atoms with van der Waals surface area (Å²) in [7, 11) is 0. The van der Waals surface area contributed by atoms with Gasteiger partial charge in [0.05, 0.1) is 6.61 Å². The van der Waals surface area contributed by atoms with Gasteiger partial charge in [0.15, 0.2) is 0 Å². The van der Waals surface area contributed by atoms with Crippen molar-refractivity contribution in [2.75, 3.05) is 11.9 Å². The zero-order chi connectivity index (χ0) is 24.2. The fourth-order valence-corrected chi connectivity index (χ4v) is 4.57. The summed E-state index contributed by atoms with van der Waals surface area (Å²) in [4.78, 5) is 25.5. The number of nitrogens with one attached hydrogen (secondary N) is 1. The molecule has 3 aromatic rings. The SMILES string of the molecule is CCOC(=O)c1c(-c2ccc(C)c(C)c2)csc1NC(=O)CCc1ccc(C(C)(C)C)cc1. The van der Waals surface area contributed by atoms with Gasteiger partial charge in [-0.05, 0) is 60.4 Å². The van der Waals surface area contributed by atoms with Gasteiger partial charge in [-0.15, -0.1) is 11.3 Å². The van der Waals surface area contributed by atoms with E-state index in [1.165, 1.54) is 22.5 Å². The van der Waals surface area contributed by atoms with Gasteiger partial charge in [-0.1, -0.05) is 63.2 Å². The number of hydrogen-bond acceptors (Lipinski definition) is 4. The Bertz CT molecular complexity index is 1140. The predicted octanol–water partition coefficient (Wildman–Crippen LogP) is 7.08. The van der Waals surface area contributed by atoms with Crippen molar-refractivity contribution in [3.63, 3.8) is 0 Å². The summed E-state index contributed by atoms with van der Waals surface area (Å²) in [6, 6.07) is 14.5. The van der Waals surface area contributed by atoms with Crippen molar-refractivity contribution in [3.8, 4) is 11.1 Å². The molecule has 4 nitrogen and oxygen atoms in total. The summed E-state index contributed by atoms with van der Waals surface area (Å²) in [6.45, 7) is 12.7. The summed E-state index contributed by atoms with van der Waals surface area (Å²) in [5, 5.41) is 5.40.